The quantitative estimate of drug-likeness (QED) is 0.489. The molecular formula is C8H16O3. The van der Waals surface area contributed by atoms with E-state index in [1.807, 2.05) is 20.8 Å². The first-order valence-electron chi connectivity index (χ1n) is 3.91. The normalized spacial score (nSPS) is 26.7. The topological polar surface area (TPSA) is 42.0 Å². The van der Waals surface area contributed by atoms with Crippen LogP contribution in [0.5, 0.6) is 0 Å². The molecule has 0 saturated carbocycles. The molecule has 1 N–H and O–H groups in total. The fraction of sp³-hybridized carbons (Fsp3) is 1.00. The molecule has 11 heavy (non-hydrogen) atoms. The van der Waals surface area contributed by atoms with Gasteiger partial charge in [0.15, 0.2) is 6.29 Å². The highest BCUT2D eigenvalue weighted by Gasteiger charge is 2.28. The molecule has 1 aliphatic rings. The molecule has 3 nitrogen and oxygen atoms in total. The highest BCUT2D eigenvalue weighted by atomic mass is 16.6. The van der Waals surface area contributed by atoms with E-state index in [4.69, 9.17) is 9.47 Å². The van der Waals surface area contributed by atoms with E-state index in [-0.39, 0.29) is 11.5 Å². The van der Waals surface area contributed by atoms with Gasteiger partial charge in [-0.15, -0.1) is 0 Å². The van der Waals surface area contributed by atoms with Gasteiger partial charge in [0.25, 0.3) is 0 Å². The van der Waals surface area contributed by atoms with Crippen LogP contribution in [0.15, 0.2) is 0 Å². The summed E-state index contributed by atoms with van der Waals surface area (Å²) in [6.07, 6.45) is -0.460. The van der Waals surface area contributed by atoms with Gasteiger partial charge < -0.3 is 14.6 Å². The minimum absolute atomic E-state index is 0.200. The maximum absolute atomic E-state index is 9.38. The molecule has 66 valence electrons. The van der Waals surface area contributed by atoms with Crippen LogP contribution < -0.4 is 0 Å². The predicted molar refractivity (Wildman–Crippen MR) is 41.2 cm³/mol. The van der Waals surface area contributed by atoms with Crippen molar-refractivity contribution in [2.45, 2.75) is 33.2 Å². The first-order chi connectivity index (χ1) is 5.00. The Hall–Kier alpha value is -0.120. The van der Waals surface area contributed by atoms with Crippen LogP contribution in [-0.2, 0) is 9.47 Å². The van der Waals surface area contributed by atoms with Gasteiger partial charge in [-0.1, -0.05) is 20.8 Å². The van der Waals surface area contributed by atoms with Crippen LogP contribution in [0, 0.1) is 5.41 Å². The maximum atomic E-state index is 9.38. The van der Waals surface area contributed by atoms with Crippen molar-refractivity contribution in [3.05, 3.63) is 0 Å². The minimum Gasteiger partial charge on any atom is -0.371 e. The number of rotatable bonds is 3. The Morgan fingerprint density at radius 1 is 1.64 bits per heavy atom. The minimum atomic E-state index is -0.688. The van der Waals surface area contributed by atoms with Gasteiger partial charge in [-0.2, -0.15) is 0 Å². The summed E-state index contributed by atoms with van der Waals surface area (Å²) in [7, 11) is 0. The molecule has 0 radical (unpaired) electrons. The molecule has 1 saturated heterocycles. The number of epoxide rings is 1. The van der Waals surface area contributed by atoms with Crippen molar-refractivity contribution >= 4 is 0 Å². The van der Waals surface area contributed by atoms with Crippen LogP contribution in [0.1, 0.15) is 20.8 Å². The van der Waals surface area contributed by atoms with E-state index in [0.29, 0.717) is 6.61 Å². The number of hydrogen-bond donors (Lipinski definition) is 1. The van der Waals surface area contributed by atoms with Crippen LogP contribution >= 0.6 is 0 Å². The van der Waals surface area contributed by atoms with Crippen LogP contribution in [0.4, 0.5) is 0 Å². The Kier molecular flexibility index (Phi) is 2.52. The molecule has 0 aromatic heterocycles. The van der Waals surface area contributed by atoms with E-state index in [1.54, 1.807) is 0 Å². The molecular weight excluding hydrogens is 144 g/mol. The first kappa shape index (κ1) is 8.97. The summed E-state index contributed by atoms with van der Waals surface area (Å²) < 4.78 is 10.1. The van der Waals surface area contributed by atoms with E-state index in [9.17, 15) is 5.11 Å². The van der Waals surface area contributed by atoms with Crippen molar-refractivity contribution in [3.63, 3.8) is 0 Å². The summed E-state index contributed by atoms with van der Waals surface area (Å²) in [6, 6.07) is 0. The second-order valence-corrected chi connectivity index (χ2v) is 4.01. The molecule has 0 aromatic rings. The summed E-state index contributed by atoms with van der Waals surface area (Å²) in [4.78, 5) is 0. The molecule has 2 atom stereocenters. The lowest BCUT2D eigenvalue weighted by Gasteiger charge is -2.25. The fourth-order valence-corrected chi connectivity index (χ4v) is 0.613. The highest BCUT2D eigenvalue weighted by Crippen LogP contribution is 2.21. The second kappa shape index (κ2) is 3.09. The summed E-state index contributed by atoms with van der Waals surface area (Å²) in [5.41, 5.74) is -0.200. The Morgan fingerprint density at radius 2 is 2.18 bits per heavy atom. The fourth-order valence-electron chi connectivity index (χ4n) is 0.613. The summed E-state index contributed by atoms with van der Waals surface area (Å²) in [5.74, 6) is 0. The first-order valence-corrected chi connectivity index (χ1v) is 3.91. The van der Waals surface area contributed by atoms with E-state index < -0.39 is 6.29 Å². The van der Waals surface area contributed by atoms with Gasteiger partial charge in [0.05, 0.1) is 13.2 Å². The number of hydrogen-bond acceptors (Lipinski definition) is 3. The summed E-state index contributed by atoms with van der Waals surface area (Å²) >= 11 is 0. The number of aliphatic hydroxyl groups excluding tert-OH is 1. The molecule has 0 aromatic carbocycles. The van der Waals surface area contributed by atoms with E-state index in [2.05, 4.69) is 0 Å². The third-order valence-corrected chi connectivity index (χ3v) is 1.58. The summed E-state index contributed by atoms with van der Waals surface area (Å²) in [5, 5.41) is 9.38. The van der Waals surface area contributed by atoms with Gasteiger partial charge in [0, 0.05) is 5.41 Å². The zero-order chi connectivity index (χ0) is 8.48. The number of aliphatic hydroxyl groups is 1. The Morgan fingerprint density at radius 3 is 2.55 bits per heavy atom. The standard InChI is InChI=1S/C8H16O3/c1-8(2,3)7(9)11-5-6-4-10-6/h6-7,9H,4-5H2,1-3H3. The largest absolute Gasteiger partial charge is 0.371 e. The van der Waals surface area contributed by atoms with Crippen LogP contribution in [-0.4, -0.2) is 30.7 Å². The Balaban J connectivity index is 2.13. The van der Waals surface area contributed by atoms with Gasteiger partial charge >= 0.3 is 0 Å². The molecule has 1 heterocycles. The summed E-state index contributed by atoms with van der Waals surface area (Å²) in [6.45, 7) is 7.09. The van der Waals surface area contributed by atoms with Gasteiger partial charge in [0.2, 0.25) is 0 Å². The molecule has 2 unspecified atom stereocenters. The maximum Gasteiger partial charge on any atom is 0.159 e. The average molecular weight is 160 g/mol. The van der Waals surface area contributed by atoms with Gasteiger partial charge in [0.1, 0.15) is 6.10 Å². The van der Waals surface area contributed by atoms with Crippen LogP contribution in [0.3, 0.4) is 0 Å². The molecule has 3 heteroatoms. The van der Waals surface area contributed by atoms with Gasteiger partial charge in [-0.3, -0.25) is 0 Å². The Bertz CT molecular complexity index is 124. The molecule has 0 spiro atoms. The zero-order valence-electron chi connectivity index (χ0n) is 7.33. The van der Waals surface area contributed by atoms with Crippen molar-refractivity contribution < 1.29 is 14.6 Å². The van der Waals surface area contributed by atoms with Gasteiger partial charge in [-0.25, -0.2) is 0 Å². The molecule has 0 bridgehead atoms. The molecule has 0 aliphatic carbocycles. The lowest BCUT2D eigenvalue weighted by molar-refractivity contribution is -0.161. The predicted octanol–water partition coefficient (Wildman–Crippen LogP) is 0.766. The van der Waals surface area contributed by atoms with Crippen molar-refractivity contribution in [1.29, 1.82) is 0 Å². The van der Waals surface area contributed by atoms with E-state index >= 15 is 0 Å². The van der Waals surface area contributed by atoms with Crippen molar-refractivity contribution in [2.75, 3.05) is 13.2 Å². The van der Waals surface area contributed by atoms with Crippen molar-refractivity contribution in [1.82, 2.24) is 0 Å². The molecule has 1 fully saturated rings. The van der Waals surface area contributed by atoms with Crippen LogP contribution in [0.25, 0.3) is 0 Å². The second-order valence-electron chi connectivity index (χ2n) is 4.01. The molecule has 1 aliphatic heterocycles. The van der Waals surface area contributed by atoms with Gasteiger partial charge in [-0.05, 0) is 0 Å². The highest BCUT2D eigenvalue weighted by molar-refractivity contribution is 4.70. The SMILES string of the molecule is CC(C)(C)C(O)OCC1CO1. The third-order valence-electron chi connectivity index (χ3n) is 1.58. The van der Waals surface area contributed by atoms with Crippen molar-refractivity contribution in [2.24, 2.45) is 5.41 Å². The average Bonchev–Trinajstić information content (AvgIpc) is 2.62. The molecule has 1 rings (SSSR count). The van der Waals surface area contributed by atoms with Crippen molar-refractivity contribution in [3.8, 4) is 0 Å². The van der Waals surface area contributed by atoms with E-state index in [0.717, 1.165) is 6.61 Å². The van der Waals surface area contributed by atoms with Crippen LogP contribution in [0.2, 0.25) is 0 Å². The smallest absolute Gasteiger partial charge is 0.159 e. The molecule has 0 amide bonds. The Labute approximate surface area is 67.3 Å². The lowest BCUT2D eigenvalue weighted by Crippen LogP contribution is -2.30. The monoisotopic (exact) mass is 160 g/mol. The lowest BCUT2D eigenvalue weighted by atomic mass is 9.96. The number of ether oxygens (including phenoxy) is 2. The van der Waals surface area contributed by atoms with E-state index in [1.165, 1.54) is 0 Å². The zero-order valence-corrected chi connectivity index (χ0v) is 7.33. The third kappa shape index (κ3) is 3.18.